The highest BCUT2D eigenvalue weighted by molar-refractivity contribution is 6.35. The van der Waals surface area contributed by atoms with Crippen LogP contribution in [-0.4, -0.2) is 16.1 Å². The summed E-state index contributed by atoms with van der Waals surface area (Å²) in [5.41, 5.74) is 0. The Hall–Kier alpha value is 0.177. The van der Waals surface area contributed by atoms with Crippen LogP contribution in [0.5, 0.6) is 0 Å². The van der Waals surface area contributed by atoms with Crippen LogP contribution in [0.25, 0.3) is 0 Å². The quantitative estimate of drug-likeness (QED) is 0.391. The van der Waals surface area contributed by atoms with Crippen LogP contribution < -0.4 is 0 Å². The predicted octanol–water partition coefficient (Wildman–Crippen LogP) is 0.820. The zero-order valence-electron chi connectivity index (χ0n) is 4.94. The van der Waals surface area contributed by atoms with Gasteiger partial charge in [-0.3, -0.25) is 0 Å². The van der Waals surface area contributed by atoms with Crippen molar-refractivity contribution in [1.82, 2.24) is 0 Å². The van der Waals surface area contributed by atoms with Crippen LogP contribution in [0.1, 0.15) is 6.92 Å². The third-order valence-corrected chi connectivity index (χ3v) is 2.39. The van der Waals surface area contributed by atoms with E-state index in [1.807, 2.05) is 0 Å². The fourth-order valence-corrected chi connectivity index (χ4v) is 1.36. The van der Waals surface area contributed by atoms with Crippen molar-refractivity contribution >= 4 is 9.52 Å². The minimum atomic E-state index is 0.246. The first kappa shape index (κ1) is 7.18. The zero-order valence-corrected chi connectivity index (χ0v) is 6.36. The van der Waals surface area contributed by atoms with Gasteiger partial charge in [0.25, 0.3) is 0 Å². The van der Waals surface area contributed by atoms with E-state index in [9.17, 15) is 0 Å². The highest BCUT2D eigenvalue weighted by atomic mass is 28.2. The predicted molar refractivity (Wildman–Crippen MR) is 35.1 cm³/mol. The summed E-state index contributed by atoms with van der Waals surface area (Å²) < 4.78 is 4.63. The fraction of sp³-hybridized carbons (Fsp3) is 0.800. The maximum absolute atomic E-state index is 4.63. The van der Waals surface area contributed by atoms with Crippen molar-refractivity contribution < 1.29 is 4.74 Å². The van der Waals surface area contributed by atoms with E-state index in [0.29, 0.717) is 0 Å². The lowest BCUT2D eigenvalue weighted by atomic mass is 10.9. The summed E-state index contributed by atoms with van der Waals surface area (Å²) >= 11 is 0. The molecule has 1 nitrogen and oxygen atoms in total. The number of hydrogen-bond acceptors (Lipinski definition) is 1. The summed E-state index contributed by atoms with van der Waals surface area (Å²) in [6, 6.07) is 2.68. The molecule has 43 valence electrons. The van der Waals surface area contributed by atoms with E-state index in [-0.39, 0.29) is 9.52 Å². The Balaban J connectivity index is 2.45. The maximum atomic E-state index is 4.63. The average Bonchev–Trinajstić information content (AvgIpc) is 1.69. The van der Waals surface area contributed by atoms with Gasteiger partial charge < -0.3 is 4.74 Å². The first-order valence-electron chi connectivity index (χ1n) is 2.78. The van der Waals surface area contributed by atoms with Gasteiger partial charge in [-0.05, 0) is 6.04 Å². The lowest BCUT2D eigenvalue weighted by molar-refractivity contribution is 0.261. The zero-order chi connectivity index (χ0) is 5.54. The molecule has 0 aliphatic carbocycles. The Morgan fingerprint density at radius 3 is 2.86 bits per heavy atom. The van der Waals surface area contributed by atoms with Gasteiger partial charge in [-0.1, -0.05) is 13.0 Å². The fourth-order valence-electron chi connectivity index (χ4n) is 0.454. The van der Waals surface area contributed by atoms with Gasteiger partial charge in [-0.15, -0.1) is 0 Å². The highest BCUT2D eigenvalue weighted by Gasteiger charge is 1.81. The van der Waals surface area contributed by atoms with Crippen LogP contribution in [-0.2, 0) is 4.74 Å². The molecule has 2 heteroatoms. The summed E-state index contributed by atoms with van der Waals surface area (Å²) in [5.74, 6) is 0. The molecule has 0 aromatic rings. The summed E-state index contributed by atoms with van der Waals surface area (Å²) in [6.07, 6.45) is 0. The van der Waals surface area contributed by atoms with Crippen molar-refractivity contribution in [2.45, 2.75) is 19.0 Å². The van der Waals surface area contributed by atoms with Crippen LogP contribution in [0.15, 0.2) is 0 Å². The molecule has 1 radical (unpaired) electrons. The Labute approximate surface area is 47.9 Å². The summed E-state index contributed by atoms with van der Waals surface area (Å²) in [6.45, 7) is 3.11. The Bertz CT molecular complexity index is 27.3. The molecule has 0 fully saturated rings. The van der Waals surface area contributed by atoms with Gasteiger partial charge in [0, 0.05) is 16.1 Å². The first-order chi connectivity index (χ1) is 3.41. The van der Waals surface area contributed by atoms with Gasteiger partial charge in [-0.25, -0.2) is 0 Å². The molecule has 0 heterocycles. The molecule has 0 saturated carbocycles. The van der Waals surface area contributed by atoms with Gasteiger partial charge in [0.05, 0.1) is 7.11 Å². The third kappa shape index (κ3) is 6.18. The van der Waals surface area contributed by atoms with Crippen LogP contribution in [0.2, 0.25) is 12.1 Å². The number of ether oxygens (including phenoxy) is 1. The molecular weight excluding hydrogens is 104 g/mol. The Kier molecular flexibility index (Phi) is 6.33. The third-order valence-electron chi connectivity index (χ3n) is 0.892. The van der Waals surface area contributed by atoms with Crippen molar-refractivity contribution in [1.29, 1.82) is 0 Å². The Morgan fingerprint density at radius 2 is 2.43 bits per heavy atom. The molecule has 0 atom stereocenters. The van der Waals surface area contributed by atoms with Crippen LogP contribution in [0, 0.1) is 7.11 Å². The molecular formula is C5H13OSi. The van der Waals surface area contributed by atoms with Crippen molar-refractivity contribution in [3.05, 3.63) is 7.11 Å². The molecule has 0 saturated heterocycles. The largest absolute Gasteiger partial charge is 0.379 e. The van der Waals surface area contributed by atoms with Crippen molar-refractivity contribution in [2.75, 3.05) is 6.61 Å². The molecule has 0 N–H and O–H groups in total. The SMILES string of the molecule is [CH2]OCC[SiH2]CC. The average molecular weight is 117 g/mol. The van der Waals surface area contributed by atoms with E-state index in [1.165, 1.54) is 12.1 Å². The van der Waals surface area contributed by atoms with Crippen molar-refractivity contribution in [2.24, 2.45) is 0 Å². The molecule has 0 bridgehead atoms. The molecule has 7 heavy (non-hydrogen) atoms. The van der Waals surface area contributed by atoms with Gasteiger partial charge in [0.1, 0.15) is 0 Å². The first-order valence-corrected chi connectivity index (χ1v) is 4.78. The van der Waals surface area contributed by atoms with E-state index in [2.05, 4.69) is 18.8 Å². The topological polar surface area (TPSA) is 9.23 Å². The van der Waals surface area contributed by atoms with Gasteiger partial charge in [-0.2, -0.15) is 0 Å². The normalized spacial score (nSPS) is 11.1. The highest BCUT2D eigenvalue weighted by Crippen LogP contribution is 1.83. The molecule has 0 aliphatic heterocycles. The van der Waals surface area contributed by atoms with E-state index < -0.39 is 0 Å². The molecule has 0 aliphatic rings. The lowest BCUT2D eigenvalue weighted by Gasteiger charge is -1.91. The second-order valence-corrected chi connectivity index (χ2v) is 4.03. The van der Waals surface area contributed by atoms with E-state index in [1.54, 1.807) is 0 Å². The van der Waals surface area contributed by atoms with Gasteiger partial charge >= 0.3 is 0 Å². The second kappa shape index (κ2) is 6.18. The Morgan fingerprint density at radius 1 is 1.71 bits per heavy atom. The standard InChI is InChI=1S/C5H13OSi/c1-3-7-5-4-6-2/h2-5,7H2,1H3. The van der Waals surface area contributed by atoms with E-state index >= 15 is 0 Å². The molecule has 0 spiro atoms. The second-order valence-electron chi connectivity index (χ2n) is 1.62. The smallest absolute Gasteiger partial charge is 0.0700 e. The van der Waals surface area contributed by atoms with Crippen molar-refractivity contribution in [3.63, 3.8) is 0 Å². The lowest BCUT2D eigenvalue weighted by Crippen LogP contribution is -1.91. The number of rotatable bonds is 4. The molecule has 0 aromatic carbocycles. The van der Waals surface area contributed by atoms with Gasteiger partial charge in [0.15, 0.2) is 0 Å². The van der Waals surface area contributed by atoms with E-state index in [4.69, 9.17) is 0 Å². The van der Waals surface area contributed by atoms with Crippen LogP contribution >= 0.6 is 0 Å². The number of hydrogen-bond donors (Lipinski definition) is 0. The molecule has 0 rings (SSSR count). The monoisotopic (exact) mass is 117 g/mol. The summed E-state index contributed by atoms with van der Waals surface area (Å²) in [4.78, 5) is 0. The van der Waals surface area contributed by atoms with Gasteiger partial charge in [0.2, 0.25) is 0 Å². The summed E-state index contributed by atoms with van der Waals surface area (Å²) in [5, 5.41) is 0. The van der Waals surface area contributed by atoms with E-state index in [0.717, 1.165) is 6.61 Å². The van der Waals surface area contributed by atoms with Crippen LogP contribution in [0.4, 0.5) is 0 Å². The maximum Gasteiger partial charge on any atom is 0.0700 e. The van der Waals surface area contributed by atoms with Crippen LogP contribution in [0.3, 0.4) is 0 Å². The minimum Gasteiger partial charge on any atom is -0.379 e. The molecule has 0 unspecified atom stereocenters. The molecule has 0 aromatic heterocycles. The summed E-state index contributed by atoms with van der Waals surface area (Å²) in [7, 11) is 3.53. The van der Waals surface area contributed by atoms with Crippen molar-refractivity contribution in [3.8, 4) is 0 Å². The minimum absolute atomic E-state index is 0.246. The molecule has 0 amide bonds.